The Morgan fingerprint density at radius 1 is 1.11 bits per heavy atom. The predicted molar refractivity (Wildman–Crippen MR) is 69.5 cm³/mol. The number of carbonyl (C=O) groups excluding carboxylic acids is 1. The molecule has 1 amide bonds. The van der Waals surface area contributed by atoms with Gasteiger partial charge in [-0.15, -0.1) is 0 Å². The van der Waals surface area contributed by atoms with Gasteiger partial charge in [0.05, 0.1) is 0 Å². The fourth-order valence-corrected chi connectivity index (χ4v) is 3.68. The van der Waals surface area contributed by atoms with Crippen LogP contribution >= 0.6 is 0 Å². The summed E-state index contributed by atoms with van der Waals surface area (Å²) in [4.78, 5) is 11.7. The van der Waals surface area contributed by atoms with Crippen molar-refractivity contribution in [3.63, 3.8) is 0 Å². The molecule has 2 aliphatic rings. The second-order valence-electron chi connectivity index (χ2n) is 6.48. The van der Waals surface area contributed by atoms with Crippen molar-refractivity contribution in [2.24, 2.45) is 0 Å². The van der Waals surface area contributed by atoms with E-state index in [-0.39, 0.29) is 11.5 Å². The molecule has 2 atom stereocenters. The molecule has 0 bridgehead atoms. The first-order valence-electron chi connectivity index (χ1n) is 6.40. The van der Waals surface area contributed by atoms with Gasteiger partial charge in [0, 0.05) is 0 Å². The van der Waals surface area contributed by atoms with Crippen molar-refractivity contribution >= 4 is 6.09 Å². The van der Waals surface area contributed by atoms with E-state index < -0.39 is 11.1 Å². The molecule has 0 aromatic heterocycles. The number of hydrogen-bond donors (Lipinski definition) is 1. The molecule has 1 fully saturated rings. The average Bonchev–Trinajstić information content (AvgIpc) is 2.48. The van der Waals surface area contributed by atoms with E-state index in [1.165, 1.54) is 11.1 Å². The lowest BCUT2D eigenvalue weighted by Crippen LogP contribution is -2.57. The van der Waals surface area contributed by atoms with Crippen LogP contribution in [0.1, 0.15) is 45.2 Å². The molecule has 1 N–H and O–H groups in total. The summed E-state index contributed by atoms with van der Waals surface area (Å²) in [6, 6.07) is 8.34. The fraction of sp³-hybridized carbons (Fsp3) is 0.533. The van der Waals surface area contributed by atoms with E-state index in [0.717, 1.165) is 6.42 Å². The zero-order valence-corrected chi connectivity index (χ0v) is 11.3. The molecular weight excluding hydrogens is 226 g/mol. The summed E-state index contributed by atoms with van der Waals surface area (Å²) in [6.45, 7) is 8.51. The lowest BCUT2D eigenvalue weighted by molar-refractivity contribution is -0.0137. The van der Waals surface area contributed by atoms with E-state index in [0.29, 0.717) is 0 Å². The van der Waals surface area contributed by atoms with E-state index in [9.17, 15) is 4.79 Å². The number of benzene rings is 1. The highest BCUT2D eigenvalue weighted by Crippen LogP contribution is 2.53. The van der Waals surface area contributed by atoms with E-state index in [4.69, 9.17) is 4.74 Å². The van der Waals surface area contributed by atoms with Gasteiger partial charge in [-0.25, -0.2) is 4.79 Å². The maximum absolute atomic E-state index is 11.7. The molecule has 3 heteroatoms. The number of carbonyl (C=O) groups is 1. The van der Waals surface area contributed by atoms with Crippen LogP contribution in [-0.4, -0.2) is 11.7 Å². The van der Waals surface area contributed by atoms with Crippen molar-refractivity contribution in [3.8, 4) is 0 Å². The van der Waals surface area contributed by atoms with Crippen LogP contribution in [0.15, 0.2) is 24.3 Å². The minimum absolute atomic E-state index is 0.0111. The summed E-state index contributed by atoms with van der Waals surface area (Å²) < 4.78 is 5.60. The standard InChI is InChI=1S/C15H19NO2/c1-13(2)9-14(3)15(4,16-12(17)18-14)11-8-6-5-7-10(11)13/h5-8H,9H2,1-4H3,(H,16,17)/t14-,15-/m1/s1. The first kappa shape index (κ1) is 11.6. The van der Waals surface area contributed by atoms with Crippen LogP contribution in [0.25, 0.3) is 0 Å². The molecule has 1 heterocycles. The predicted octanol–water partition coefficient (Wildman–Crippen LogP) is 3.08. The fourth-order valence-electron chi connectivity index (χ4n) is 3.68. The first-order valence-corrected chi connectivity index (χ1v) is 6.40. The summed E-state index contributed by atoms with van der Waals surface area (Å²) in [7, 11) is 0. The van der Waals surface area contributed by atoms with Gasteiger partial charge in [-0.05, 0) is 36.8 Å². The van der Waals surface area contributed by atoms with Crippen molar-refractivity contribution in [2.45, 2.75) is 50.7 Å². The van der Waals surface area contributed by atoms with Crippen LogP contribution in [0.4, 0.5) is 4.79 Å². The molecule has 1 aromatic rings. The Balaban J connectivity index is 2.29. The highest BCUT2D eigenvalue weighted by molar-refractivity contribution is 5.74. The number of rotatable bonds is 0. The van der Waals surface area contributed by atoms with Gasteiger partial charge >= 0.3 is 6.09 Å². The molecule has 0 saturated carbocycles. The Hall–Kier alpha value is -1.51. The lowest BCUT2D eigenvalue weighted by Gasteiger charge is -2.49. The third-order valence-electron chi connectivity index (χ3n) is 4.70. The largest absolute Gasteiger partial charge is 0.440 e. The van der Waals surface area contributed by atoms with Crippen molar-refractivity contribution in [3.05, 3.63) is 35.4 Å². The van der Waals surface area contributed by atoms with Gasteiger partial charge in [-0.3, -0.25) is 0 Å². The third-order valence-corrected chi connectivity index (χ3v) is 4.70. The van der Waals surface area contributed by atoms with E-state index in [1.54, 1.807) is 0 Å². The molecule has 18 heavy (non-hydrogen) atoms. The van der Waals surface area contributed by atoms with Crippen LogP contribution < -0.4 is 5.32 Å². The molecule has 3 rings (SSSR count). The quantitative estimate of drug-likeness (QED) is 0.762. The Morgan fingerprint density at radius 3 is 2.39 bits per heavy atom. The lowest BCUT2D eigenvalue weighted by atomic mass is 9.59. The molecule has 0 spiro atoms. The molecule has 3 nitrogen and oxygen atoms in total. The molecular formula is C15H19NO2. The molecule has 1 aliphatic heterocycles. The van der Waals surface area contributed by atoms with Crippen LogP contribution in [0.3, 0.4) is 0 Å². The number of fused-ring (bicyclic) bond motifs is 3. The highest BCUT2D eigenvalue weighted by Gasteiger charge is 2.61. The van der Waals surface area contributed by atoms with Crippen molar-refractivity contribution in [1.29, 1.82) is 0 Å². The maximum atomic E-state index is 11.7. The number of alkyl carbamates (subject to hydrolysis) is 1. The second kappa shape index (κ2) is 3.08. The summed E-state index contributed by atoms with van der Waals surface area (Å²) in [6.07, 6.45) is 0.513. The Bertz CT molecular complexity index is 537. The van der Waals surface area contributed by atoms with Gasteiger partial charge in [-0.1, -0.05) is 38.1 Å². The molecule has 1 saturated heterocycles. The molecule has 96 valence electrons. The number of ether oxygens (including phenoxy) is 1. The number of hydrogen-bond acceptors (Lipinski definition) is 2. The van der Waals surface area contributed by atoms with Crippen molar-refractivity contribution in [2.75, 3.05) is 0 Å². The van der Waals surface area contributed by atoms with Gasteiger partial charge in [-0.2, -0.15) is 0 Å². The van der Waals surface area contributed by atoms with Gasteiger partial charge < -0.3 is 10.1 Å². The van der Waals surface area contributed by atoms with Gasteiger partial charge in [0.2, 0.25) is 0 Å². The van der Waals surface area contributed by atoms with Gasteiger partial charge in [0.25, 0.3) is 0 Å². The van der Waals surface area contributed by atoms with Crippen LogP contribution in [0, 0.1) is 0 Å². The topological polar surface area (TPSA) is 38.3 Å². The number of amides is 1. The van der Waals surface area contributed by atoms with Crippen molar-refractivity contribution in [1.82, 2.24) is 5.32 Å². The first-order chi connectivity index (χ1) is 8.29. The summed E-state index contributed by atoms with van der Waals surface area (Å²) in [5.74, 6) is 0. The second-order valence-corrected chi connectivity index (χ2v) is 6.48. The van der Waals surface area contributed by atoms with Gasteiger partial charge in [0.15, 0.2) is 0 Å². The van der Waals surface area contributed by atoms with Crippen LogP contribution in [0.2, 0.25) is 0 Å². The molecule has 0 radical (unpaired) electrons. The zero-order valence-electron chi connectivity index (χ0n) is 11.3. The van der Waals surface area contributed by atoms with Crippen molar-refractivity contribution < 1.29 is 9.53 Å². The summed E-state index contributed by atoms with van der Waals surface area (Å²) >= 11 is 0. The summed E-state index contributed by atoms with van der Waals surface area (Å²) in [5, 5.41) is 3.01. The average molecular weight is 245 g/mol. The van der Waals surface area contributed by atoms with E-state index >= 15 is 0 Å². The van der Waals surface area contributed by atoms with Gasteiger partial charge in [0.1, 0.15) is 11.1 Å². The minimum Gasteiger partial charge on any atom is -0.440 e. The summed E-state index contributed by atoms with van der Waals surface area (Å²) in [5.41, 5.74) is 1.57. The zero-order chi connectivity index (χ0) is 13.2. The highest BCUT2D eigenvalue weighted by atomic mass is 16.6. The third kappa shape index (κ3) is 1.22. The van der Waals surface area contributed by atoms with Crippen LogP contribution in [-0.2, 0) is 15.7 Å². The monoisotopic (exact) mass is 245 g/mol. The molecule has 1 aliphatic carbocycles. The Labute approximate surface area is 108 Å². The Morgan fingerprint density at radius 2 is 1.72 bits per heavy atom. The normalized spacial score (nSPS) is 36.3. The maximum Gasteiger partial charge on any atom is 0.408 e. The molecule has 0 unspecified atom stereocenters. The van der Waals surface area contributed by atoms with E-state index in [1.807, 2.05) is 13.0 Å². The van der Waals surface area contributed by atoms with E-state index in [2.05, 4.69) is 44.3 Å². The SMILES string of the molecule is CC1(C)C[C@@]2(C)OC(=O)N[C@]2(C)c2ccccc21. The minimum atomic E-state index is -0.484. The van der Waals surface area contributed by atoms with Crippen LogP contribution in [0.5, 0.6) is 0 Å². The molecule has 1 aromatic carbocycles. The Kier molecular flexibility index (Phi) is 1.98. The smallest absolute Gasteiger partial charge is 0.408 e. The number of nitrogens with one attached hydrogen (secondary N) is 1.